The normalized spacial score (nSPS) is 25.6. The van der Waals surface area contributed by atoms with E-state index in [0.717, 1.165) is 36.3 Å². The van der Waals surface area contributed by atoms with E-state index >= 15 is 0 Å². The maximum atomic E-state index is 13.1. The van der Waals surface area contributed by atoms with E-state index in [0.29, 0.717) is 17.2 Å². The van der Waals surface area contributed by atoms with Gasteiger partial charge in [-0.15, -0.1) is 11.3 Å². The zero-order chi connectivity index (χ0) is 17.4. The number of hydrogen-bond acceptors (Lipinski definition) is 5. The Kier molecular flexibility index (Phi) is 4.25. The SMILES string of the molecule is O=C(O)C1CC2CCCCC2N1C(=O)c1cnc(-c2ccncc2)s1. The third-order valence-electron chi connectivity index (χ3n) is 5.25. The Balaban J connectivity index is 1.63. The van der Waals surface area contributed by atoms with Crippen LogP contribution < -0.4 is 0 Å². The van der Waals surface area contributed by atoms with Crippen molar-refractivity contribution in [3.05, 3.63) is 35.6 Å². The molecule has 3 unspecified atom stereocenters. The lowest BCUT2D eigenvalue weighted by molar-refractivity contribution is -0.141. The molecule has 7 heteroatoms. The average molecular weight is 357 g/mol. The minimum atomic E-state index is -0.901. The predicted molar refractivity (Wildman–Crippen MR) is 93.3 cm³/mol. The van der Waals surface area contributed by atoms with E-state index in [2.05, 4.69) is 9.97 Å². The number of hydrogen-bond donors (Lipinski definition) is 1. The molecule has 2 aromatic rings. The lowest BCUT2D eigenvalue weighted by Gasteiger charge is -2.32. The van der Waals surface area contributed by atoms with Gasteiger partial charge in [0.1, 0.15) is 15.9 Å². The number of carbonyl (C=O) groups excluding carboxylic acids is 1. The molecule has 0 spiro atoms. The molecule has 130 valence electrons. The molecule has 3 heterocycles. The van der Waals surface area contributed by atoms with E-state index in [1.165, 1.54) is 11.3 Å². The lowest BCUT2D eigenvalue weighted by Crippen LogP contribution is -2.46. The number of rotatable bonds is 3. The van der Waals surface area contributed by atoms with Crippen molar-refractivity contribution in [2.45, 2.75) is 44.2 Å². The van der Waals surface area contributed by atoms with E-state index in [-0.39, 0.29) is 11.9 Å². The summed E-state index contributed by atoms with van der Waals surface area (Å²) < 4.78 is 0. The van der Waals surface area contributed by atoms with Gasteiger partial charge in [0.15, 0.2) is 0 Å². The van der Waals surface area contributed by atoms with Gasteiger partial charge in [-0.3, -0.25) is 9.78 Å². The molecular formula is C18H19N3O3S. The first-order valence-electron chi connectivity index (χ1n) is 8.57. The summed E-state index contributed by atoms with van der Waals surface area (Å²) in [5.74, 6) is -0.785. The quantitative estimate of drug-likeness (QED) is 0.913. The van der Waals surface area contributed by atoms with Crippen LogP contribution in [0.5, 0.6) is 0 Å². The standard InChI is InChI=1S/C18H19N3O3S/c22-17(15-10-20-16(25-15)11-5-7-19-8-6-11)21-13-4-2-1-3-12(13)9-14(21)18(23)24/h5-8,10,12-14H,1-4,9H2,(H,23,24). The van der Waals surface area contributed by atoms with Crippen molar-refractivity contribution in [2.75, 3.05) is 0 Å². The zero-order valence-electron chi connectivity index (χ0n) is 13.7. The summed E-state index contributed by atoms with van der Waals surface area (Å²) in [6.07, 6.45) is 9.61. The first-order valence-corrected chi connectivity index (χ1v) is 9.38. The summed E-state index contributed by atoms with van der Waals surface area (Å²) in [5, 5.41) is 10.3. The first-order chi connectivity index (χ1) is 12.1. The Labute approximate surface area is 149 Å². The van der Waals surface area contributed by atoms with Gasteiger partial charge in [-0.25, -0.2) is 9.78 Å². The van der Waals surface area contributed by atoms with Crippen molar-refractivity contribution in [3.63, 3.8) is 0 Å². The van der Waals surface area contributed by atoms with Gasteiger partial charge < -0.3 is 10.0 Å². The van der Waals surface area contributed by atoms with E-state index in [4.69, 9.17) is 0 Å². The number of carboxylic acid groups (broad SMARTS) is 1. The molecule has 1 aliphatic heterocycles. The van der Waals surface area contributed by atoms with Crippen molar-refractivity contribution < 1.29 is 14.7 Å². The van der Waals surface area contributed by atoms with Crippen molar-refractivity contribution in [1.82, 2.24) is 14.9 Å². The molecule has 1 saturated carbocycles. The fraction of sp³-hybridized carbons (Fsp3) is 0.444. The average Bonchev–Trinajstić information content (AvgIpc) is 3.27. The third-order valence-corrected chi connectivity index (χ3v) is 6.29. The highest BCUT2D eigenvalue weighted by atomic mass is 32.1. The fourth-order valence-corrected chi connectivity index (χ4v) is 4.97. The minimum Gasteiger partial charge on any atom is -0.480 e. The predicted octanol–water partition coefficient (Wildman–Crippen LogP) is 3.06. The zero-order valence-corrected chi connectivity index (χ0v) is 14.5. The van der Waals surface area contributed by atoms with Gasteiger partial charge >= 0.3 is 5.97 Å². The Morgan fingerprint density at radius 1 is 1.20 bits per heavy atom. The summed E-state index contributed by atoms with van der Waals surface area (Å²) >= 11 is 1.31. The number of aromatic nitrogens is 2. The van der Waals surface area contributed by atoms with Crippen molar-refractivity contribution in [3.8, 4) is 10.6 Å². The molecule has 1 N–H and O–H groups in total. The number of nitrogens with zero attached hydrogens (tertiary/aromatic N) is 3. The van der Waals surface area contributed by atoms with E-state index in [1.807, 2.05) is 12.1 Å². The molecule has 1 aliphatic carbocycles. The van der Waals surface area contributed by atoms with E-state index in [9.17, 15) is 14.7 Å². The van der Waals surface area contributed by atoms with Gasteiger partial charge in [0.05, 0.1) is 6.20 Å². The van der Waals surface area contributed by atoms with Crippen LogP contribution in [0.25, 0.3) is 10.6 Å². The number of fused-ring (bicyclic) bond motifs is 1. The van der Waals surface area contributed by atoms with Gasteiger partial charge in [0, 0.05) is 24.0 Å². The van der Waals surface area contributed by atoms with Crippen molar-refractivity contribution in [1.29, 1.82) is 0 Å². The molecule has 0 aromatic carbocycles. The molecular weight excluding hydrogens is 338 g/mol. The van der Waals surface area contributed by atoms with Crippen LogP contribution in [0.15, 0.2) is 30.7 Å². The maximum Gasteiger partial charge on any atom is 0.326 e. The highest BCUT2D eigenvalue weighted by Crippen LogP contribution is 2.41. The molecule has 3 atom stereocenters. The van der Waals surface area contributed by atoms with Gasteiger partial charge in [-0.1, -0.05) is 12.8 Å². The molecule has 2 fully saturated rings. The summed E-state index contributed by atoms with van der Waals surface area (Å²) in [7, 11) is 0. The summed E-state index contributed by atoms with van der Waals surface area (Å²) in [6.45, 7) is 0. The van der Waals surface area contributed by atoms with Crippen LogP contribution in [-0.2, 0) is 4.79 Å². The molecule has 2 aromatic heterocycles. The second kappa shape index (κ2) is 6.55. The molecule has 6 nitrogen and oxygen atoms in total. The van der Waals surface area contributed by atoms with Gasteiger partial charge in [0.2, 0.25) is 0 Å². The number of carboxylic acids is 1. The van der Waals surface area contributed by atoms with Gasteiger partial charge in [-0.2, -0.15) is 0 Å². The number of amides is 1. The molecule has 1 saturated heterocycles. The molecule has 0 radical (unpaired) electrons. The van der Waals surface area contributed by atoms with Crippen LogP contribution in [0, 0.1) is 5.92 Å². The molecule has 0 bridgehead atoms. The highest BCUT2D eigenvalue weighted by Gasteiger charge is 2.48. The number of likely N-dealkylation sites (tertiary alicyclic amines) is 1. The third kappa shape index (κ3) is 2.93. The van der Waals surface area contributed by atoms with Crippen LogP contribution in [0.2, 0.25) is 0 Å². The number of thiazole rings is 1. The smallest absolute Gasteiger partial charge is 0.326 e. The van der Waals surface area contributed by atoms with Crippen LogP contribution in [0.3, 0.4) is 0 Å². The van der Waals surface area contributed by atoms with Gasteiger partial charge in [0.25, 0.3) is 5.91 Å². The largest absolute Gasteiger partial charge is 0.480 e. The highest BCUT2D eigenvalue weighted by molar-refractivity contribution is 7.16. The van der Waals surface area contributed by atoms with E-state index in [1.54, 1.807) is 23.5 Å². The minimum absolute atomic E-state index is 0.0498. The van der Waals surface area contributed by atoms with Crippen LogP contribution in [0.1, 0.15) is 41.8 Å². The molecule has 2 aliphatic rings. The summed E-state index contributed by atoms with van der Waals surface area (Å²) in [6, 6.07) is 3.03. The Hall–Kier alpha value is -2.28. The van der Waals surface area contributed by atoms with E-state index < -0.39 is 12.0 Å². The second-order valence-corrected chi connectivity index (χ2v) is 7.71. The summed E-state index contributed by atoms with van der Waals surface area (Å²) in [5.41, 5.74) is 0.908. The second-order valence-electron chi connectivity index (χ2n) is 6.68. The van der Waals surface area contributed by atoms with Crippen LogP contribution in [-0.4, -0.2) is 43.9 Å². The van der Waals surface area contributed by atoms with Crippen LogP contribution >= 0.6 is 11.3 Å². The topological polar surface area (TPSA) is 83.4 Å². The fourth-order valence-electron chi connectivity index (χ4n) is 4.10. The lowest BCUT2D eigenvalue weighted by atomic mass is 9.85. The van der Waals surface area contributed by atoms with Crippen molar-refractivity contribution >= 4 is 23.2 Å². The number of carbonyl (C=O) groups is 2. The number of aliphatic carboxylic acids is 1. The maximum absolute atomic E-state index is 13.1. The Bertz CT molecular complexity index is 792. The number of pyridine rings is 1. The molecule has 4 rings (SSSR count). The van der Waals surface area contributed by atoms with Gasteiger partial charge in [-0.05, 0) is 37.3 Å². The Morgan fingerprint density at radius 2 is 1.96 bits per heavy atom. The van der Waals surface area contributed by atoms with Crippen LogP contribution in [0.4, 0.5) is 0 Å². The monoisotopic (exact) mass is 357 g/mol. The molecule has 1 amide bonds. The van der Waals surface area contributed by atoms with Crippen molar-refractivity contribution in [2.24, 2.45) is 5.92 Å². The Morgan fingerprint density at radius 3 is 2.72 bits per heavy atom. The first kappa shape index (κ1) is 16.2. The molecule has 25 heavy (non-hydrogen) atoms. The summed E-state index contributed by atoms with van der Waals surface area (Å²) in [4.78, 5) is 35.2.